The highest BCUT2D eigenvalue weighted by atomic mass is 35.5. The smallest absolute Gasteiger partial charge is 0.262 e. The van der Waals surface area contributed by atoms with Crippen LogP contribution in [-0.2, 0) is 10.0 Å². The molecular weight excluding hydrogens is 382 g/mol. The molecule has 1 aliphatic carbocycles. The normalized spacial score (nSPS) is 15.7. The molecule has 27 heavy (non-hydrogen) atoms. The number of anilines is 1. The van der Waals surface area contributed by atoms with Gasteiger partial charge >= 0.3 is 0 Å². The van der Waals surface area contributed by atoms with Gasteiger partial charge in [0, 0.05) is 5.56 Å². The first kappa shape index (κ1) is 20.0. The summed E-state index contributed by atoms with van der Waals surface area (Å²) >= 11 is 6.21. The van der Waals surface area contributed by atoms with Crippen molar-refractivity contribution in [3.05, 3.63) is 51.5 Å². The molecule has 0 bridgehead atoms. The summed E-state index contributed by atoms with van der Waals surface area (Å²) in [5.41, 5.74) is 3.56. The zero-order valence-electron chi connectivity index (χ0n) is 16.0. The lowest BCUT2D eigenvalue weighted by Crippen LogP contribution is -2.16. The lowest BCUT2D eigenvalue weighted by Gasteiger charge is -2.24. The van der Waals surface area contributed by atoms with E-state index in [0.717, 1.165) is 36.8 Å². The van der Waals surface area contributed by atoms with Crippen LogP contribution in [0.1, 0.15) is 60.3 Å². The van der Waals surface area contributed by atoms with Crippen molar-refractivity contribution in [2.75, 3.05) is 4.72 Å². The molecule has 0 saturated heterocycles. The molecule has 0 radical (unpaired) electrons. The van der Waals surface area contributed by atoms with Crippen LogP contribution in [0.4, 0.5) is 5.69 Å². The van der Waals surface area contributed by atoms with Crippen molar-refractivity contribution >= 4 is 27.3 Å². The van der Waals surface area contributed by atoms with Gasteiger partial charge in [-0.25, -0.2) is 8.42 Å². The van der Waals surface area contributed by atoms with Crippen molar-refractivity contribution in [2.45, 2.75) is 63.7 Å². The summed E-state index contributed by atoms with van der Waals surface area (Å²) in [5, 5.41) is 10.6. The number of nitrogens with one attached hydrogen (secondary N) is 1. The number of aromatic hydroxyl groups is 1. The average molecular weight is 408 g/mol. The van der Waals surface area contributed by atoms with Gasteiger partial charge in [-0.2, -0.15) is 0 Å². The molecule has 0 heterocycles. The highest BCUT2D eigenvalue weighted by Gasteiger charge is 2.24. The SMILES string of the molecule is Cc1cc(C)c(S(=O)(=O)Nc2cc(Cl)c(O)c(C3CCCCC3)c2)c(C)c1. The number of hydrogen-bond acceptors (Lipinski definition) is 3. The number of sulfonamides is 1. The molecule has 0 atom stereocenters. The van der Waals surface area contributed by atoms with E-state index in [9.17, 15) is 13.5 Å². The number of halogens is 1. The fraction of sp³-hybridized carbons (Fsp3) is 0.429. The second-order valence-electron chi connectivity index (χ2n) is 7.56. The number of rotatable bonds is 4. The summed E-state index contributed by atoms with van der Waals surface area (Å²) in [6.45, 7) is 5.54. The molecule has 2 aromatic rings. The predicted molar refractivity (Wildman–Crippen MR) is 110 cm³/mol. The number of hydrogen-bond donors (Lipinski definition) is 2. The van der Waals surface area contributed by atoms with E-state index < -0.39 is 10.0 Å². The van der Waals surface area contributed by atoms with Gasteiger partial charge in [-0.3, -0.25) is 4.72 Å². The second-order valence-corrected chi connectivity index (χ2v) is 9.59. The maximum Gasteiger partial charge on any atom is 0.262 e. The van der Waals surface area contributed by atoms with Crippen LogP contribution in [0.25, 0.3) is 0 Å². The Morgan fingerprint density at radius 2 is 1.59 bits per heavy atom. The largest absolute Gasteiger partial charge is 0.506 e. The molecule has 0 spiro atoms. The molecule has 0 unspecified atom stereocenters. The molecule has 6 heteroatoms. The Balaban J connectivity index is 1.99. The van der Waals surface area contributed by atoms with Crippen molar-refractivity contribution in [3.8, 4) is 5.75 Å². The second kappa shape index (κ2) is 7.72. The van der Waals surface area contributed by atoms with Crippen molar-refractivity contribution < 1.29 is 13.5 Å². The van der Waals surface area contributed by atoms with Crippen LogP contribution < -0.4 is 4.72 Å². The lowest BCUT2D eigenvalue weighted by molar-refractivity contribution is 0.414. The standard InChI is InChI=1S/C21H26ClNO3S/c1-13-9-14(2)21(15(3)10-13)27(25,26)23-17-11-18(20(24)19(22)12-17)16-7-5-4-6-8-16/h9-12,16,23-24H,4-8H2,1-3H3. The minimum atomic E-state index is -3.76. The first-order valence-corrected chi connectivity index (χ1v) is 11.2. The van der Waals surface area contributed by atoms with Gasteiger partial charge in [0.15, 0.2) is 0 Å². The molecule has 1 aliphatic rings. The summed E-state index contributed by atoms with van der Waals surface area (Å²) in [7, 11) is -3.76. The fourth-order valence-electron chi connectivity index (χ4n) is 4.20. The Morgan fingerprint density at radius 3 is 2.19 bits per heavy atom. The maximum atomic E-state index is 13.0. The van der Waals surface area contributed by atoms with Gasteiger partial charge in [0.1, 0.15) is 5.75 Å². The minimum absolute atomic E-state index is 0.0641. The molecule has 1 fully saturated rings. The van der Waals surface area contributed by atoms with E-state index in [4.69, 9.17) is 11.6 Å². The quantitative estimate of drug-likeness (QED) is 0.627. The van der Waals surface area contributed by atoms with Gasteiger partial charge in [-0.15, -0.1) is 0 Å². The molecule has 3 rings (SSSR count). The minimum Gasteiger partial charge on any atom is -0.506 e. The van der Waals surface area contributed by atoms with Crippen LogP contribution in [0.3, 0.4) is 0 Å². The Labute approximate surface area is 166 Å². The summed E-state index contributed by atoms with van der Waals surface area (Å²) in [6, 6.07) is 6.92. The molecule has 0 amide bonds. The third kappa shape index (κ3) is 4.25. The molecule has 1 saturated carbocycles. The van der Waals surface area contributed by atoms with Crippen LogP contribution in [0.5, 0.6) is 5.75 Å². The lowest BCUT2D eigenvalue weighted by atomic mass is 9.83. The monoisotopic (exact) mass is 407 g/mol. The maximum absolute atomic E-state index is 13.0. The Morgan fingerprint density at radius 1 is 1.00 bits per heavy atom. The number of phenols is 1. The van der Waals surface area contributed by atoms with Crippen molar-refractivity contribution in [1.29, 1.82) is 0 Å². The van der Waals surface area contributed by atoms with E-state index in [0.29, 0.717) is 16.8 Å². The zero-order chi connectivity index (χ0) is 19.8. The van der Waals surface area contributed by atoms with Crippen LogP contribution in [0.2, 0.25) is 5.02 Å². The first-order chi connectivity index (χ1) is 12.7. The highest BCUT2D eigenvalue weighted by Crippen LogP contribution is 2.42. The molecule has 2 N–H and O–H groups in total. The van der Waals surface area contributed by atoms with Crippen LogP contribution in [0, 0.1) is 20.8 Å². The van der Waals surface area contributed by atoms with E-state index in [1.165, 1.54) is 12.5 Å². The van der Waals surface area contributed by atoms with Gasteiger partial charge in [0.05, 0.1) is 15.6 Å². The van der Waals surface area contributed by atoms with Gasteiger partial charge in [-0.05, 0) is 62.8 Å². The summed E-state index contributed by atoms with van der Waals surface area (Å²) < 4.78 is 28.7. The fourth-order valence-corrected chi connectivity index (χ4v) is 5.92. The Bertz CT molecular complexity index is 941. The third-order valence-corrected chi connectivity index (χ3v) is 7.24. The average Bonchev–Trinajstić information content (AvgIpc) is 2.57. The third-order valence-electron chi connectivity index (χ3n) is 5.26. The van der Waals surface area contributed by atoms with Crippen molar-refractivity contribution in [1.82, 2.24) is 0 Å². The molecule has 146 valence electrons. The van der Waals surface area contributed by atoms with E-state index in [2.05, 4.69) is 4.72 Å². The topological polar surface area (TPSA) is 66.4 Å². The molecule has 0 aliphatic heterocycles. The number of aryl methyl sites for hydroxylation is 3. The van der Waals surface area contributed by atoms with E-state index in [-0.39, 0.29) is 21.6 Å². The van der Waals surface area contributed by atoms with Crippen LogP contribution in [-0.4, -0.2) is 13.5 Å². The number of phenolic OH excluding ortho intramolecular Hbond substituents is 1. The molecule has 0 aromatic heterocycles. The van der Waals surface area contributed by atoms with Crippen LogP contribution in [0.15, 0.2) is 29.2 Å². The van der Waals surface area contributed by atoms with Gasteiger partial charge in [0.2, 0.25) is 0 Å². The zero-order valence-corrected chi connectivity index (χ0v) is 17.5. The van der Waals surface area contributed by atoms with Gasteiger partial charge < -0.3 is 5.11 Å². The first-order valence-electron chi connectivity index (χ1n) is 9.32. The summed E-state index contributed by atoms with van der Waals surface area (Å²) in [4.78, 5) is 0.288. The summed E-state index contributed by atoms with van der Waals surface area (Å²) in [6.07, 6.45) is 5.38. The molecule has 4 nitrogen and oxygen atoms in total. The van der Waals surface area contributed by atoms with Gasteiger partial charge in [0.25, 0.3) is 10.0 Å². The summed E-state index contributed by atoms with van der Waals surface area (Å²) in [5.74, 6) is 0.276. The Kier molecular flexibility index (Phi) is 5.73. The van der Waals surface area contributed by atoms with Gasteiger partial charge in [-0.1, -0.05) is 48.6 Å². The number of benzene rings is 2. The van der Waals surface area contributed by atoms with E-state index in [1.807, 2.05) is 19.1 Å². The van der Waals surface area contributed by atoms with E-state index >= 15 is 0 Å². The molecule has 2 aromatic carbocycles. The highest BCUT2D eigenvalue weighted by molar-refractivity contribution is 7.92. The van der Waals surface area contributed by atoms with Crippen LogP contribution >= 0.6 is 11.6 Å². The predicted octanol–water partition coefficient (Wildman–Crippen LogP) is 5.82. The van der Waals surface area contributed by atoms with Crippen molar-refractivity contribution in [2.24, 2.45) is 0 Å². The van der Waals surface area contributed by atoms with E-state index in [1.54, 1.807) is 19.9 Å². The van der Waals surface area contributed by atoms with Crippen molar-refractivity contribution in [3.63, 3.8) is 0 Å². The molecular formula is C21H26ClNO3S. The Hall–Kier alpha value is -1.72.